The molecule has 0 aromatic heterocycles. The molecule has 1 heterocycles. The highest BCUT2D eigenvalue weighted by Crippen LogP contribution is 2.36. The summed E-state index contributed by atoms with van der Waals surface area (Å²) in [6, 6.07) is 10.9. The molecule has 3 rings (SSSR count). The molecule has 0 saturated carbocycles. The molecule has 1 aliphatic rings. The van der Waals surface area contributed by atoms with Gasteiger partial charge in [0.1, 0.15) is 11.6 Å². The van der Waals surface area contributed by atoms with E-state index >= 15 is 0 Å². The molecule has 2 aromatic rings. The van der Waals surface area contributed by atoms with Crippen molar-refractivity contribution < 1.29 is 13.9 Å². The van der Waals surface area contributed by atoms with Crippen molar-refractivity contribution >= 4 is 11.6 Å². The van der Waals surface area contributed by atoms with E-state index in [2.05, 4.69) is 24.8 Å². The highest BCUT2D eigenvalue weighted by Gasteiger charge is 2.21. The van der Waals surface area contributed by atoms with Crippen LogP contribution in [0.1, 0.15) is 64.9 Å². The molecule has 0 fully saturated rings. The molecule has 0 bridgehead atoms. The molecule has 0 aliphatic carbocycles. The summed E-state index contributed by atoms with van der Waals surface area (Å²) >= 11 is 0. The van der Waals surface area contributed by atoms with E-state index in [9.17, 15) is 9.18 Å². The largest absolute Gasteiger partial charge is 0.496 e. The van der Waals surface area contributed by atoms with E-state index in [-0.39, 0.29) is 11.7 Å². The number of benzene rings is 2. The summed E-state index contributed by atoms with van der Waals surface area (Å²) in [7, 11) is 1.57. The molecule has 0 spiro atoms. The Morgan fingerprint density at radius 2 is 1.79 bits per heavy atom. The van der Waals surface area contributed by atoms with Crippen LogP contribution in [0.15, 0.2) is 36.4 Å². The molecule has 1 amide bonds. The van der Waals surface area contributed by atoms with Crippen LogP contribution in [0, 0.1) is 11.7 Å². The summed E-state index contributed by atoms with van der Waals surface area (Å²) in [4.78, 5) is 17.0. The maximum absolute atomic E-state index is 14.9. The summed E-state index contributed by atoms with van der Waals surface area (Å²) in [5.41, 5.74) is 3.26. The van der Waals surface area contributed by atoms with Crippen LogP contribution < -0.4 is 9.64 Å². The molecule has 0 N–H and O–H groups in total. The number of ether oxygens (including phenoxy) is 1. The van der Waals surface area contributed by atoms with Gasteiger partial charge < -0.3 is 9.64 Å². The molecule has 0 saturated heterocycles. The van der Waals surface area contributed by atoms with Gasteiger partial charge in [0.05, 0.1) is 12.7 Å². The Bertz CT molecular complexity index is 928. The van der Waals surface area contributed by atoms with Crippen molar-refractivity contribution in [2.45, 2.75) is 65.8 Å². The van der Waals surface area contributed by atoms with Crippen molar-refractivity contribution in [3.05, 3.63) is 47.8 Å². The minimum Gasteiger partial charge on any atom is -0.496 e. The van der Waals surface area contributed by atoms with Gasteiger partial charge in [-0.3, -0.25) is 9.69 Å². The lowest BCUT2D eigenvalue weighted by molar-refractivity contribution is -0.116. The molecule has 2 aromatic carbocycles. The van der Waals surface area contributed by atoms with Gasteiger partial charge in [-0.05, 0) is 73.7 Å². The van der Waals surface area contributed by atoms with E-state index in [0.29, 0.717) is 17.2 Å². The standard InChI is InChI=1S/C28H39FN2O2/c1-21(2)15-18-30-16-8-6-5-7-9-17-31(22(3)32)26-14-13-23(19-24(26)20-30)28-25(29)11-10-12-27(28)33-4/h10-14,19,21H,5-9,15-18,20H2,1-4H3. The van der Waals surface area contributed by atoms with Gasteiger partial charge in [0.25, 0.3) is 0 Å². The third-order valence-corrected chi connectivity index (χ3v) is 6.51. The summed E-state index contributed by atoms with van der Waals surface area (Å²) < 4.78 is 20.3. The zero-order valence-corrected chi connectivity index (χ0v) is 20.7. The van der Waals surface area contributed by atoms with Gasteiger partial charge in [0.2, 0.25) is 5.91 Å². The number of methoxy groups -OCH3 is 1. The minimum atomic E-state index is -0.303. The summed E-state index contributed by atoms with van der Waals surface area (Å²) in [5.74, 6) is 0.901. The number of fused-ring (bicyclic) bond motifs is 1. The van der Waals surface area contributed by atoms with E-state index in [1.165, 1.54) is 25.3 Å². The van der Waals surface area contributed by atoms with Crippen LogP contribution in [-0.2, 0) is 11.3 Å². The van der Waals surface area contributed by atoms with Crippen LogP contribution >= 0.6 is 0 Å². The fraction of sp³-hybridized carbons (Fsp3) is 0.536. The number of rotatable bonds is 5. The lowest BCUT2D eigenvalue weighted by Crippen LogP contribution is -2.33. The van der Waals surface area contributed by atoms with Gasteiger partial charge in [-0.15, -0.1) is 0 Å². The second kappa shape index (κ2) is 12.2. The Balaban J connectivity index is 2.07. The van der Waals surface area contributed by atoms with E-state index in [4.69, 9.17) is 4.74 Å². The monoisotopic (exact) mass is 454 g/mol. The number of carbonyl (C=O) groups excluding carboxylic acids is 1. The van der Waals surface area contributed by atoms with Crippen molar-refractivity contribution in [1.82, 2.24) is 4.90 Å². The Morgan fingerprint density at radius 3 is 2.48 bits per heavy atom. The SMILES string of the molecule is COc1cccc(F)c1-c1ccc2c(c1)CN(CCC(C)C)CCCCCCCN2C(C)=O. The second-order valence-electron chi connectivity index (χ2n) is 9.56. The molecular weight excluding hydrogens is 415 g/mol. The number of anilines is 1. The topological polar surface area (TPSA) is 32.8 Å². The first-order chi connectivity index (χ1) is 15.9. The molecular formula is C28H39FN2O2. The first-order valence-corrected chi connectivity index (χ1v) is 12.4. The van der Waals surface area contributed by atoms with Crippen molar-refractivity contribution in [1.29, 1.82) is 0 Å². The lowest BCUT2D eigenvalue weighted by Gasteiger charge is -2.29. The third-order valence-electron chi connectivity index (χ3n) is 6.51. The molecule has 5 heteroatoms. The van der Waals surface area contributed by atoms with Crippen LogP contribution in [0.4, 0.5) is 10.1 Å². The van der Waals surface area contributed by atoms with Gasteiger partial charge in [-0.25, -0.2) is 4.39 Å². The van der Waals surface area contributed by atoms with Crippen LogP contribution in [0.5, 0.6) is 5.75 Å². The third kappa shape index (κ3) is 6.80. The Hall–Kier alpha value is -2.40. The van der Waals surface area contributed by atoms with Crippen LogP contribution in [0.3, 0.4) is 0 Å². The first-order valence-electron chi connectivity index (χ1n) is 12.4. The van der Waals surface area contributed by atoms with Gasteiger partial charge in [0, 0.05) is 25.7 Å². The maximum atomic E-state index is 14.9. The van der Waals surface area contributed by atoms with Crippen LogP contribution in [-0.4, -0.2) is 37.6 Å². The number of hydrogen-bond acceptors (Lipinski definition) is 3. The lowest BCUT2D eigenvalue weighted by atomic mass is 9.98. The maximum Gasteiger partial charge on any atom is 0.223 e. The smallest absolute Gasteiger partial charge is 0.223 e. The van der Waals surface area contributed by atoms with Gasteiger partial charge in [-0.2, -0.15) is 0 Å². The molecule has 0 atom stereocenters. The average Bonchev–Trinajstić information content (AvgIpc) is 2.77. The highest BCUT2D eigenvalue weighted by atomic mass is 19.1. The Morgan fingerprint density at radius 1 is 1.06 bits per heavy atom. The van der Waals surface area contributed by atoms with E-state index in [1.54, 1.807) is 26.2 Å². The fourth-order valence-electron chi connectivity index (χ4n) is 4.62. The quantitative estimate of drug-likeness (QED) is 0.506. The number of amides is 1. The Kier molecular flexibility index (Phi) is 9.30. The van der Waals surface area contributed by atoms with Crippen molar-refractivity contribution in [2.75, 3.05) is 31.6 Å². The molecule has 33 heavy (non-hydrogen) atoms. The van der Waals surface area contributed by atoms with Crippen molar-refractivity contribution in [2.24, 2.45) is 5.92 Å². The number of halogens is 1. The van der Waals surface area contributed by atoms with E-state index in [1.807, 2.05) is 17.0 Å². The normalized spacial score (nSPS) is 16.1. The second-order valence-corrected chi connectivity index (χ2v) is 9.56. The fourth-order valence-corrected chi connectivity index (χ4v) is 4.62. The molecule has 4 nitrogen and oxygen atoms in total. The van der Waals surface area contributed by atoms with E-state index in [0.717, 1.165) is 62.3 Å². The molecule has 1 aliphatic heterocycles. The van der Waals surface area contributed by atoms with Crippen molar-refractivity contribution in [3.8, 4) is 16.9 Å². The molecule has 0 radical (unpaired) electrons. The van der Waals surface area contributed by atoms with Crippen molar-refractivity contribution in [3.63, 3.8) is 0 Å². The summed E-state index contributed by atoms with van der Waals surface area (Å²) in [6.07, 6.45) is 6.88. The highest BCUT2D eigenvalue weighted by molar-refractivity contribution is 5.93. The number of hydrogen-bond donors (Lipinski definition) is 0. The first kappa shape index (κ1) is 25.2. The summed E-state index contributed by atoms with van der Waals surface area (Å²) in [6.45, 7) is 9.67. The van der Waals surface area contributed by atoms with Gasteiger partial charge >= 0.3 is 0 Å². The summed E-state index contributed by atoms with van der Waals surface area (Å²) in [5, 5.41) is 0. The minimum absolute atomic E-state index is 0.0539. The van der Waals surface area contributed by atoms with Crippen LogP contribution in [0.2, 0.25) is 0 Å². The molecule has 0 unspecified atom stereocenters. The predicted molar refractivity (Wildman–Crippen MR) is 134 cm³/mol. The zero-order valence-electron chi connectivity index (χ0n) is 20.7. The van der Waals surface area contributed by atoms with Gasteiger partial charge in [0.15, 0.2) is 0 Å². The van der Waals surface area contributed by atoms with Gasteiger partial charge in [-0.1, -0.05) is 45.2 Å². The van der Waals surface area contributed by atoms with Crippen LogP contribution in [0.25, 0.3) is 11.1 Å². The average molecular weight is 455 g/mol. The zero-order chi connectivity index (χ0) is 23.8. The number of nitrogens with zero attached hydrogens (tertiary/aromatic N) is 2. The Labute approximate surface area is 198 Å². The number of carbonyl (C=O) groups is 1. The predicted octanol–water partition coefficient (Wildman–Crippen LogP) is 6.67. The van der Waals surface area contributed by atoms with E-state index < -0.39 is 0 Å². The molecule has 180 valence electrons.